The van der Waals surface area contributed by atoms with Crippen LogP contribution < -0.4 is 10.6 Å². The van der Waals surface area contributed by atoms with Crippen LogP contribution in [-0.4, -0.2) is 100 Å². The summed E-state index contributed by atoms with van der Waals surface area (Å²) in [6.45, 7) is 0. The fraction of sp³-hybridized carbons (Fsp3) is 0.292. The summed E-state index contributed by atoms with van der Waals surface area (Å²) in [5.74, 6) is -13.8. The molecule has 0 aliphatic rings. The third kappa shape index (κ3) is 40.4. The Hall–Kier alpha value is -5.66. The Labute approximate surface area is 273 Å². The summed E-state index contributed by atoms with van der Waals surface area (Å²) in [6, 6.07) is 20.1. The Morgan fingerprint density at radius 1 is 0.373 bits per heavy atom. The number of alkyl halides is 15. The van der Waals surface area contributed by atoms with Gasteiger partial charge in [-0.05, 0) is 24.3 Å². The highest BCUT2D eigenvalue weighted by atomic mass is 19.4. The van der Waals surface area contributed by atoms with E-state index in [0.717, 1.165) is 11.4 Å². The summed E-state index contributed by atoms with van der Waals surface area (Å²) in [7, 11) is 3.82. The fourth-order valence-electron chi connectivity index (χ4n) is 1.21. The van der Waals surface area contributed by atoms with Crippen LogP contribution >= 0.6 is 0 Å². The fourth-order valence-corrected chi connectivity index (χ4v) is 1.21. The van der Waals surface area contributed by atoms with E-state index in [-0.39, 0.29) is 0 Å². The molecule has 0 bridgehead atoms. The maximum atomic E-state index is 10.6. The first-order chi connectivity index (χ1) is 22.6. The van der Waals surface area contributed by atoms with Gasteiger partial charge in [0.25, 0.3) is 0 Å². The molecule has 0 atom stereocenters. The lowest BCUT2D eigenvalue weighted by Gasteiger charge is -1.94. The number of carboxylic acid groups (broad SMARTS) is 5. The molecule has 12 nitrogen and oxygen atoms in total. The molecule has 2 aromatic rings. The van der Waals surface area contributed by atoms with Gasteiger partial charge in [0.2, 0.25) is 0 Å². The first kappa shape index (κ1) is 54.8. The van der Waals surface area contributed by atoms with Gasteiger partial charge in [0.15, 0.2) is 0 Å². The molecule has 0 aliphatic carbocycles. The van der Waals surface area contributed by atoms with Crippen molar-refractivity contribution >= 4 is 41.2 Å². The Morgan fingerprint density at radius 3 is 0.549 bits per heavy atom. The number of benzene rings is 2. The summed E-state index contributed by atoms with van der Waals surface area (Å²) in [4.78, 5) is 44.5. The molecule has 0 spiro atoms. The summed E-state index contributed by atoms with van der Waals surface area (Å²) < 4.78 is 159. The number of rotatable bonds is 2. The third-order valence-corrected chi connectivity index (χ3v) is 3.34. The number of anilines is 2. The number of hydrogen-bond donors (Lipinski definition) is 7. The molecule has 0 radical (unpaired) electrons. The topological polar surface area (TPSA) is 211 Å². The van der Waals surface area contributed by atoms with Gasteiger partial charge in [-0.3, -0.25) is 0 Å². The van der Waals surface area contributed by atoms with Gasteiger partial charge in [-0.15, -0.1) is 0 Å². The van der Waals surface area contributed by atoms with Gasteiger partial charge >= 0.3 is 60.7 Å². The molecule has 0 amide bonds. The zero-order chi connectivity index (χ0) is 42.0. The minimum atomic E-state index is -5.08. The molecule has 0 saturated heterocycles. The van der Waals surface area contributed by atoms with Crippen molar-refractivity contribution in [1.82, 2.24) is 0 Å². The highest BCUT2D eigenvalue weighted by Gasteiger charge is 2.40. The zero-order valence-corrected chi connectivity index (χ0v) is 24.7. The van der Waals surface area contributed by atoms with E-state index in [2.05, 4.69) is 10.6 Å². The van der Waals surface area contributed by atoms with Crippen molar-refractivity contribution < 1.29 is 115 Å². The summed E-state index contributed by atoms with van der Waals surface area (Å²) in [6.07, 6.45) is -25.4. The molecule has 51 heavy (non-hydrogen) atoms. The third-order valence-electron chi connectivity index (χ3n) is 3.34. The Morgan fingerprint density at radius 2 is 0.490 bits per heavy atom. The number of nitrogens with one attached hydrogen (secondary N) is 2. The predicted molar refractivity (Wildman–Crippen MR) is 140 cm³/mol. The van der Waals surface area contributed by atoms with Crippen molar-refractivity contribution in [2.45, 2.75) is 30.9 Å². The van der Waals surface area contributed by atoms with E-state index in [1.54, 1.807) is 0 Å². The molecule has 27 heteroatoms. The maximum Gasteiger partial charge on any atom is 0.490 e. The van der Waals surface area contributed by atoms with E-state index in [9.17, 15) is 65.9 Å². The highest BCUT2D eigenvalue weighted by Crippen LogP contribution is 2.15. The van der Waals surface area contributed by atoms with Crippen LogP contribution in [0.3, 0.4) is 0 Å². The van der Waals surface area contributed by atoms with Crippen LogP contribution in [0.4, 0.5) is 77.2 Å². The van der Waals surface area contributed by atoms with Crippen molar-refractivity contribution in [2.24, 2.45) is 0 Å². The molecule has 0 heterocycles. The average molecular weight is 784 g/mol. The van der Waals surface area contributed by atoms with Crippen LogP contribution in [0.15, 0.2) is 60.7 Å². The molecule has 7 N–H and O–H groups in total. The highest BCUT2D eigenvalue weighted by molar-refractivity contribution is 5.74. The largest absolute Gasteiger partial charge is 0.490 e. The number of hydrogen-bond acceptors (Lipinski definition) is 7. The maximum absolute atomic E-state index is 10.6. The Bertz CT molecular complexity index is 1100. The quantitative estimate of drug-likeness (QED) is 0.160. The molecular weight excluding hydrogens is 761 g/mol. The number of carboxylic acids is 5. The number of carbonyl (C=O) groups is 5. The zero-order valence-electron chi connectivity index (χ0n) is 24.7. The molecular formula is C24H23F15N2O10. The van der Waals surface area contributed by atoms with Crippen LogP contribution in [0.1, 0.15) is 0 Å². The van der Waals surface area contributed by atoms with E-state index in [1.807, 2.05) is 74.8 Å². The van der Waals surface area contributed by atoms with Crippen molar-refractivity contribution in [1.29, 1.82) is 0 Å². The lowest BCUT2D eigenvalue weighted by Crippen LogP contribution is -2.21. The SMILES string of the molecule is CNc1ccccc1.CNc1ccccc1.O=C(O)C(F)(F)F.O=C(O)C(F)(F)F.O=C(O)C(F)(F)F.O=C(O)C(F)(F)F.O=C(O)C(F)(F)F. The molecule has 0 aliphatic heterocycles. The van der Waals surface area contributed by atoms with E-state index in [0.29, 0.717) is 0 Å². The molecule has 2 aromatic carbocycles. The van der Waals surface area contributed by atoms with E-state index < -0.39 is 60.7 Å². The van der Waals surface area contributed by atoms with Gasteiger partial charge in [0, 0.05) is 25.5 Å². The van der Waals surface area contributed by atoms with Gasteiger partial charge in [-0.25, -0.2) is 24.0 Å². The minimum Gasteiger partial charge on any atom is -0.475 e. The number of halogens is 15. The van der Waals surface area contributed by atoms with Crippen LogP contribution in [0, 0.1) is 0 Å². The van der Waals surface area contributed by atoms with Crippen LogP contribution in [0.2, 0.25) is 0 Å². The van der Waals surface area contributed by atoms with Crippen LogP contribution in [0.25, 0.3) is 0 Å². The van der Waals surface area contributed by atoms with Crippen molar-refractivity contribution in [3.8, 4) is 0 Å². The van der Waals surface area contributed by atoms with Gasteiger partial charge in [-0.1, -0.05) is 36.4 Å². The molecule has 0 fully saturated rings. The number of para-hydroxylation sites is 2. The average Bonchev–Trinajstić information content (AvgIpc) is 2.97. The Balaban J connectivity index is -0.000000162. The first-order valence-electron chi connectivity index (χ1n) is 11.5. The first-order valence-corrected chi connectivity index (χ1v) is 11.5. The van der Waals surface area contributed by atoms with Gasteiger partial charge in [0.05, 0.1) is 0 Å². The second-order valence-corrected chi connectivity index (χ2v) is 7.25. The minimum absolute atomic E-state index is 1.16. The second kappa shape index (κ2) is 25.3. The number of aliphatic carboxylic acids is 5. The van der Waals surface area contributed by atoms with Gasteiger partial charge in [0.1, 0.15) is 0 Å². The van der Waals surface area contributed by atoms with Crippen molar-refractivity contribution in [3.05, 3.63) is 60.7 Å². The van der Waals surface area contributed by atoms with Gasteiger partial charge in [-0.2, -0.15) is 65.9 Å². The van der Waals surface area contributed by atoms with Gasteiger partial charge < -0.3 is 36.2 Å². The smallest absolute Gasteiger partial charge is 0.475 e. The summed E-state index contributed by atoms with van der Waals surface area (Å²) >= 11 is 0. The monoisotopic (exact) mass is 784 g/mol. The summed E-state index contributed by atoms with van der Waals surface area (Å²) in [5, 5.41) is 41.7. The van der Waals surface area contributed by atoms with Crippen LogP contribution in [0.5, 0.6) is 0 Å². The predicted octanol–water partition coefficient (Wildman–Crippen LogP) is 6.62. The molecule has 2 rings (SSSR count). The normalized spacial score (nSPS) is 10.5. The molecule has 294 valence electrons. The molecule has 0 unspecified atom stereocenters. The summed E-state index contributed by atoms with van der Waals surface area (Å²) in [5.41, 5.74) is 2.32. The second-order valence-electron chi connectivity index (χ2n) is 7.25. The van der Waals surface area contributed by atoms with Crippen molar-refractivity contribution in [3.63, 3.8) is 0 Å². The van der Waals surface area contributed by atoms with Crippen molar-refractivity contribution in [2.75, 3.05) is 24.7 Å². The Kier molecular flexibility index (Phi) is 27.2. The lowest BCUT2D eigenvalue weighted by atomic mass is 10.3. The standard InChI is InChI=1S/2C7H9N.5C2HF3O2/c2*1-8-7-5-3-2-4-6-7;5*3-2(4,5)1(6)7/h2*2-6,8H,1H3;5*(H,6,7). The van der Waals surface area contributed by atoms with E-state index >= 15 is 0 Å². The lowest BCUT2D eigenvalue weighted by molar-refractivity contribution is -0.193. The van der Waals surface area contributed by atoms with E-state index in [1.165, 1.54) is 0 Å². The molecule has 0 aromatic heterocycles. The van der Waals surface area contributed by atoms with E-state index in [4.69, 9.17) is 49.5 Å². The van der Waals surface area contributed by atoms with Crippen LogP contribution in [-0.2, 0) is 24.0 Å². The molecule has 0 saturated carbocycles.